The zero-order chi connectivity index (χ0) is 17.6. The van der Waals surface area contributed by atoms with Crippen molar-refractivity contribution in [1.82, 2.24) is 9.88 Å². The van der Waals surface area contributed by atoms with Crippen molar-refractivity contribution in [3.63, 3.8) is 0 Å². The molecule has 2 atom stereocenters. The zero-order valence-corrected chi connectivity index (χ0v) is 14.8. The molecule has 1 amide bonds. The summed E-state index contributed by atoms with van der Waals surface area (Å²) in [4.78, 5) is 30.7. The molecule has 2 fully saturated rings. The molecule has 1 saturated carbocycles. The van der Waals surface area contributed by atoms with Crippen LogP contribution in [0.4, 0.5) is 0 Å². The topological polar surface area (TPSA) is 70.5 Å². The van der Waals surface area contributed by atoms with E-state index in [1.807, 2.05) is 35.9 Å². The normalized spacial score (nSPS) is 23.0. The summed E-state index contributed by atoms with van der Waals surface area (Å²) in [6.45, 7) is 2.69. The number of hydrogen-bond acceptors (Lipinski definition) is 4. The summed E-state index contributed by atoms with van der Waals surface area (Å²) in [5.74, 6) is -0.750. The molecule has 0 bridgehead atoms. The molecule has 5 nitrogen and oxygen atoms in total. The van der Waals surface area contributed by atoms with E-state index in [0.717, 1.165) is 24.1 Å². The van der Waals surface area contributed by atoms with Gasteiger partial charge in [-0.15, -0.1) is 0 Å². The van der Waals surface area contributed by atoms with E-state index in [9.17, 15) is 14.7 Å². The van der Waals surface area contributed by atoms with Crippen molar-refractivity contribution < 1.29 is 14.7 Å². The van der Waals surface area contributed by atoms with Crippen molar-refractivity contribution in [1.29, 1.82) is 0 Å². The molecule has 130 valence electrons. The monoisotopic (exact) mass is 356 g/mol. The molecule has 2 aliphatic rings. The van der Waals surface area contributed by atoms with Gasteiger partial charge in [0.1, 0.15) is 0 Å². The van der Waals surface area contributed by atoms with Crippen LogP contribution in [0.25, 0.3) is 11.3 Å². The molecule has 0 unspecified atom stereocenters. The zero-order valence-electron chi connectivity index (χ0n) is 14.0. The Morgan fingerprint density at radius 1 is 1.24 bits per heavy atom. The number of hydrogen-bond donors (Lipinski definition) is 1. The molecule has 0 aromatic carbocycles. The van der Waals surface area contributed by atoms with Crippen molar-refractivity contribution >= 4 is 23.2 Å². The summed E-state index contributed by atoms with van der Waals surface area (Å²) in [5.41, 5.74) is 3.17. The number of pyridine rings is 1. The lowest BCUT2D eigenvalue weighted by molar-refractivity contribution is -0.142. The number of carbonyl (C=O) groups excluding carboxylic acids is 1. The van der Waals surface area contributed by atoms with Gasteiger partial charge in [0.2, 0.25) is 0 Å². The van der Waals surface area contributed by atoms with Crippen LogP contribution in [0.2, 0.25) is 0 Å². The standard InChI is InChI=1S/C19H20N2O3S/c1-11-14(4-5-17(20-11)13-6-7-25-10-13)18(22)21-8-15(12-2-3-12)16(9-21)19(23)24/h4-7,10,12,15-16H,2-3,8-9H2,1H3,(H,23,24)/t15-,16+/m1/s1. The number of likely N-dealkylation sites (tertiary alicyclic amines) is 1. The molecule has 2 aromatic heterocycles. The number of aromatic nitrogens is 1. The summed E-state index contributed by atoms with van der Waals surface area (Å²) >= 11 is 1.61. The van der Waals surface area contributed by atoms with Crippen LogP contribution >= 0.6 is 11.3 Å². The molecular weight excluding hydrogens is 336 g/mol. The fourth-order valence-corrected chi connectivity index (χ4v) is 4.44. The Labute approximate surface area is 150 Å². The molecule has 0 radical (unpaired) electrons. The van der Waals surface area contributed by atoms with Gasteiger partial charge in [0.25, 0.3) is 5.91 Å². The van der Waals surface area contributed by atoms with Crippen LogP contribution in [0, 0.1) is 24.7 Å². The summed E-state index contributed by atoms with van der Waals surface area (Å²) in [7, 11) is 0. The average molecular weight is 356 g/mol. The second-order valence-electron chi connectivity index (χ2n) is 7.00. The lowest BCUT2D eigenvalue weighted by Gasteiger charge is -2.17. The van der Waals surface area contributed by atoms with Crippen molar-refractivity contribution in [2.75, 3.05) is 13.1 Å². The van der Waals surface area contributed by atoms with Gasteiger partial charge in [-0.25, -0.2) is 0 Å². The van der Waals surface area contributed by atoms with Gasteiger partial charge in [0.15, 0.2) is 0 Å². The molecule has 1 aliphatic heterocycles. The number of aliphatic carboxylic acids is 1. The predicted molar refractivity (Wildman–Crippen MR) is 95.5 cm³/mol. The summed E-state index contributed by atoms with van der Waals surface area (Å²) < 4.78 is 0. The van der Waals surface area contributed by atoms with Crippen LogP contribution in [0.15, 0.2) is 29.0 Å². The maximum absolute atomic E-state index is 12.9. The van der Waals surface area contributed by atoms with Crippen LogP contribution in [0.3, 0.4) is 0 Å². The first kappa shape index (κ1) is 16.3. The number of carbonyl (C=O) groups is 2. The second kappa shape index (κ2) is 6.26. The van der Waals surface area contributed by atoms with Crippen LogP contribution < -0.4 is 0 Å². The molecule has 4 rings (SSSR count). The highest BCUT2D eigenvalue weighted by Crippen LogP contribution is 2.44. The number of carboxylic acid groups (broad SMARTS) is 1. The Kier molecular flexibility index (Phi) is 4.07. The summed E-state index contributed by atoms with van der Waals surface area (Å²) in [6, 6.07) is 5.69. The van der Waals surface area contributed by atoms with Gasteiger partial charge < -0.3 is 10.0 Å². The van der Waals surface area contributed by atoms with Crippen LogP contribution in [0.1, 0.15) is 28.9 Å². The Morgan fingerprint density at radius 2 is 2.04 bits per heavy atom. The van der Waals surface area contributed by atoms with Gasteiger partial charge >= 0.3 is 5.97 Å². The van der Waals surface area contributed by atoms with Gasteiger partial charge in [-0.05, 0) is 55.2 Å². The largest absolute Gasteiger partial charge is 0.481 e. The van der Waals surface area contributed by atoms with Crippen LogP contribution in [-0.4, -0.2) is 40.0 Å². The average Bonchev–Trinajstić information content (AvgIpc) is 3.12. The van der Waals surface area contributed by atoms with E-state index in [1.165, 1.54) is 0 Å². The highest BCUT2D eigenvalue weighted by Gasteiger charge is 2.47. The Morgan fingerprint density at radius 3 is 2.64 bits per heavy atom. The van der Waals surface area contributed by atoms with Crippen molar-refractivity contribution in [3.8, 4) is 11.3 Å². The van der Waals surface area contributed by atoms with Crippen LogP contribution in [-0.2, 0) is 4.79 Å². The highest BCUT2D eigenvalue weighted by molar-refractivity contribution is 7.08. The van der Waals surface area contributed by atoms with E-state index in [-0.39, 0.29) is 11.8 Å². The van der Waals surface area contributed by atoms with E-state index in [2.05, 4.69) is 4.98 Å². The van der Waals surface area contributed by atoms with Crippen LogP contribution in [0.5, 0.6) is 0 Å². The molecule has 1 saturated heterocycles. The highest BCUT2D eigenvalue weighted by atomic mass is 32.1. The molecule has 2 aromatic rings. The third-order valence-electron chi connectivity index (χ3n) is 5.33. The fourth-order valence-electron chi connectivity index (χ4n) is 3.79. The first-order valence-corrected chi connectivity index (χ1v) is 9.51. The number of amides is 1. The quantitative estimate of drug-likeness (QED) is 0.912. The van der Waals surface area contributed by atoms with E-state index in [0.29, 0.717) is 30.3 Å². The summed E-state index contributed by atoms with van der Waals surface area (Å²) in [6.07, 6.45) is 2.18. The molecule has 1 aliphatic carbocycles. The third kappa shape index (κ3) is 3.06. The van der Waals surface area contributed by atoms with Crippen molar-refractivity contribution in [2.24, 2.45) is 17.8 Å². The van der Waals surface area contributed by atoms with Gasteiger partial charge in [0, 0.05) is 24.0 Å². The Hall–Kier alpha value is -2.21. The van der Waals surface area contributed by atoms with Gasteiger partial charge in [0.05, 0.1) is 22.9 Å². The minimum atomic E-state index is -0.783. The van der Waals surface area contributed by atoms with Gasteiger partial charge in [-0.3, -0.25) is 14.6 Å². The number of rotatable bonds is 4. The van der Waals surface area contributed by atoms with E-state index >= 15 is 0 Å². The maximum atomic E-state index is 12.9. The Bertz CT molecular complexity index is 814. The maximum Gasteiger partial charge on any atom is 0.308 e. The lowest BCUT2D eigenvalue weighted by Crippen LogP contribution is -2.30. The minimum Gasteiger partial charge on any atom is -0.481 e. The van der Waals surface area contributed by atoms with Crippen molar-refractivity contribution in [3.05, 3.63) is 40.2 Å². The first-order valence-electron chi connectivity index (χ1n) is 8.57. The van der Waals surface area contributed by atoms with E-state index < -0.39 is 11.9 Å². The predicted octanol–water partition coefficient (Wildman–Crippen LogP) is 3.30. The Balaban J connectivity index is 1.56. The number of nitrogens with zero attached hydrogens (tertiary/aromatic N) is 2. The van der Waals surface area contributed by atoms with Gasteiger partial charge in [-0.1, -0.05) is 0 Å². The molecule has 3 heterocycles. The summed E-state index contributed by atoms with van der Waals surface area (Å²) in [5, 5.41) is 13.5. The molecule has 6 heteroatoms. The number of thiophene rings is 1. The smallest absolute Gasteiger partial charge is 0.308 e. The first-order chi connectivity index (χ1) is 12.0. The molecule has 25 heavy (non-hydrogen) atoms. The van der Waals surface area contributed by atoms with E-state index in [1.54, 1.807) is 16.2 Å². The minimum absolute atomic E-state index is 0.0970. The fraction of sp³-hybridized carbons (Fsp3) is 0.421. The molecular formula is C19H20N2O3S. The molecule has 0 spiro atoms. The van der Waals surface area contributed by atoms with Crippen molar-refractivity contribution in [2.45, 2.75) is 19.8 Å². The second-order valence-corrected chi connectivity index (χ2v) is 7.78. The SMILES string of the molecule is Cc1nc(-c2ccsc2)ccc1C(=O)N1C[C@H](C(=O)O)[C@@H](C2CC2)C1. The lowest BCUT2D eigenvalue weighted by atomic mass is 9.92. The number of aryl methyl sites for hydroxylation is 1. The number of carboxylic acids is 1. The van der Waals surface area contributed by atoms with Gasteiger partial charge in [-0.2, -0.15) is 11.3 Å². The third-order valence-corrected chi connectivity index (χ3v) is 6.01. The van der Waals surface area contributed by atoms with E-state index in [4.69, 9.17) is 0 Å². The molecule has 1 N–H and O–H groups in total.